The van der Waals surface area contributed by atoms with Crippen molar-refractivity contribution in [2.45, 2.75) is 19.3 Å². The Labute approximate surface area is 342 Å². The molecule has 1 aromatic heterocycles. The molecule has 0 unspecified atom stereocenters. The average Bonchev–Trinajstić information content (AvgIpc) is 3.53. The Kier molecular flexibility index (Phi) is 7.27. The van der Waals surface area contributed by atoms with E-state index in [2.05, 4.69) is 202 Å². The van der Waals surface area contributed by atoms with E-state index >= 15 is 0 Å². The Bertz CT molecular complexity index is 3410. The SMILES string of the molecule is CC1(C)c2ccccc2-c2ccc(-c3ccc4ccccc4c3-c3nc(-c4cc5ccccc5c5ccccc45)nc(-c4cc5ccccc5c5ccccc45)n3)cc21. The molecule has 0 spiro atoms. The summed E-state index contributed by atoms with van der Waals surface area (Å²) in [6, 6.07) is 67.9. The Morgan fingerprint density at radius 1 is 0.305 bits per heavy atom. The zero-order chi connectivity index (χ0) is 39.2. The van der Waals surface area contributed by atoms with E-state index in [-0.39, 0.29) is 5.41 Å². The van der Waals surface area contributed by atoms with Crippen LogP contribution in [0.3, 0.4) is 0 Å². The van der Waals surface area contributed by atoms with Crippen molar-refractivity contribution in [3.63, 3.8) is 0 Å². The fourth-order valence-electron chi connectivity index (χ4n) is 9.83. The minimum Gasteiger partial charge on any atom is -0.208 e. The Morgan fingerprint density at radius 3 is 1.39 bits per heavy atom. The van der Waals surface area contributed by atoms with E-state index in [4.69, 9.17) is 15.0 Å². The molecule has 1 aliphatic rings. The van der Waals surface area contributed by atoms with Gasteiger partial charge in [-0.3, -0.25) is 0 Å². The van der Waals surface area contributed by atoms with Crippen LogP contribution in [0, 0.1) is 0 Å². The van der Waals surface area contributed by atoms with Crippen LogP contribution in [-0.2, 0) is 5.41 Å². The van der Waals surface area contributed by atoms with Gasteiger partial charge in [0.25, 0.3) is 0 Å². The largest absolute Gasteiger partial charge is 0.208 e. The van der Waals surface area contributed by atoms with Gasteiger partial charge >= 0.3 is 0 Å². The quantitative estimate of drug-likeness (QED) is 0.168. The van der Waals surface area contributed by atoms with Crippen molar-refractivity contribution in [3.05, 3.63) is 199 Å². The van der Waals surface area contributed by atoms with Gasteiger partial charge in [-0.15, -0.1) is 0 Å². The molecule has 1 heterocycles. The van der Waals surface area contributed by atoms with E-state index in [1.165, 1.54) is 43.8 Å². The number of hydrogen-bond donors (Lipinski definition) is 0. The zero-order valence-corrected chi connectivity index (χ0v) is 32.7. The van der Waals surface area contributed by atoms with Crippen LogP contribution in [0.4, 0.5) is 0 Å². The summed E-state index contributed by atoms with van der Waals surface area (Å²) in [5.74, 6) is 1.94. The van der Waals surface area contributed by atoms with Crippen molar-refractivity contribution in [1.29, 1.82) is 0 Å². The number of aromatic nitrogens is 3. The fourth-order valence-corrected chi connectivity index (χ4v) is 9.83. The minimum atomic E-state index is -0.138. The second-order valence-electron chi connectivity index (χ2n) is 16.3. The van der Waals surface area contributed by atoms with Crippen molar-refractivity contribution in [2.75, 3.05) is 0 Å². The van der Waals surface area contributed by atoms with Gasteiger partial charge in [-0.2, -0.15) is 0 Å². The smallest absolute Gasteiger partial charge is 0.165 e. The first-order valence-electron chi connectivity index (χ1n) is 20.4. The summed E-state index contributed by atoms with van der Waals surface area (Å²) in [6.45, 7) is 4.68. The van der Waals surface area contributed by atoms with Gasteiger partial charge in [0.05, 0.1) is 0 Å². The number of fused-ring (bicyclic) bond motifs is 10. The molecule has 0 N–H and O–H groups in total. The summed E-state index contributed by atoms with van der Waals surface area (Å²) in [4.78, 5) is 16.6. The van der Waals surface area contributed by atoms with E-state index in [1.54, 1.807) is 0 Å². The van der Waals surface area contributed by atoms with Gasteiger partial charge in [0.2, 0.25) is 0 Å². The topological polar surface area (TPSA) is 38.7 Å². The molecule has 59 heavy (non-hydrogen) atoms. The van der Waals surface area contributed by atoms with Crippen LogP contribution >= 0.6 is 0 Å². The fraction of sp³-hybridized carbons (Fsp3) is 0.0536. The van der Waals surface area contributed by atoms with Gasteiger partial charge in [0.15, 0.2) is 17.5 Å². The first kappa shape index (κ1) is 33.6. The minimum absolute atomic E-state index is 0.138. The number of benzene rings is 10. The van der Waals surface area contributed by atoms with Crippen molar-refractivity contribution >= 4 is 53.9 Å². The molecule has 0 atom stereocenters. The zero-order valence-electron chi connectivity index (χ0n) is 32.7. The predicted octanol–water partition coefficient (Wildman–Crippen LogP) is 14.6. The van der Waals surface area contributed by atoms with Crippen LogP contribution in [0.15, 0.2) is 188 Å². The monoisotopic (exact) mass is 751 g/mol. The van der Waals surface area contributed by atoms with E-state index in [1.807, 2.05) is 0 Å². The van der Waals surface area contributed by atoms with Crippen molar-refractivity contribution in [2.24, 2.45) is 0 Å². The average molecular weight is 752 g/mol. The molecule has 0 saturated carbocycles. The normalized spacial score (nSPS) is 13.1. The molecule has 11 aromatic rings. The third kappa shape index (κ3) is 5.11. The highest BCUT2D eigenvalue weighted by Gasteiger charge is 2.35. The van der Waals surface area contributed by atoms with Crippen LogP contribution in [0.1, 0.15) is 25.0 Å². The maximum Gasteiger partial charge on any atom is 0.165 e. The molecule has 0 bridgehead atoms. The highest BCUT2D eigenvalue weighted by atomic mass is 15.0. The van der Waals surface area contributed by atoms with Gasteiger partial charge in [0.1, 0.15) is 0 Å². The summed E-state index contributed by atoms with van der Waals surface area (Å²) >= 11 is 0. The first-order chi connectivity index (χ1) is 29.0. The summed E-state index contributed by atoms with van der Waals surface area (Å²) < 4.78 is 0. The van der Waals surface area contributed by atoms with Gasteiger partial charge in [0, 0.05) is 22.1 Å². The lowest BCUT2D eigenvalue weighted by atomic mass is 9.81. The molecule has 0 aliphatic heterocycles. The lowest BCUT2D eigenvalue weighted by molar-refractivity contribution is 0.660. The molecule has 3 heteroatoms. The van der Waals surface area contributed by atoms with E-state index < -0.39 is 0 Å². The Hall–Kier alpha value is -7.49. The van der Waals surface area contributed by atoms with E-state index in [9.17, 15) is 0 Å². The number of rotatable bonds is 4. The maximum absolute atomic E-state index is 5.55. The lowest BCUT2D eigenvalue weighted by Gasteiger charge is -2.22. The molecule has 0 saturated heterocycles. The highest BCUT2D eigenvalue weighted by Crippen LogP contribution is 2.50. The Balaban J connectivity index is 1.18. The van der Waals surface area contributed by atoms with Crippen LogP contribution in [0.2, 0.25) is 0 Å². The van der Waals surface area contributed by atoms with Crippen LogP contribution in [-0.4, -0.2) is 15.0 Å². The molecule has 12 rings (SSSR count). The standard InChI is InChI=1S/C56H37N3/c1-56(2)50-26-14-13-25-46(50)47-30-28-37(33-51(47)56)41-29-27-34-15-3-8-20-40(34)52(41)55-58-53(48-31-35-16-4-6-18-38(35)42-21-9-11-23-44(42)48)57-54(59-55)49-32-36-17-5-7-19-39(36)43-22-10-12-24-45(43)49/h3-33H,1-2H3. The summed E-state index contributed by atoms with van der Waals surface area (Å²) in [5, 5.41) is 11.5. The lowest BCUT2D eigenvalue weighted by Crippen LogP contribution is -2.14. The summed E-state index contributed by atoms with van der Waals surface area (Å²) in [7, 11) is 0. The van der Waals surface area contributed by atoms with Crippen molar-refractivity contribution < 1.29 is 0 Å². The molecule has 3 nitrogen and oxygen atoms in total. The van der Waals surface area contributed by atoms with Crippen molar-refractivity contribution in [3.8, 4) is 56.4 Å². The van der Waals surface area contributed by atoms with Crippen LogP contribution < -0.4 is 0 Å². The molecule has 1 aliphatic carbocycles. The molecular weight excluding hydrogens is 715 g/mol. The molecular formula is C56H37N3. The molecule has 0 radical (unpaired) electrons. The van der Waals surface area contributed by atoms with E-state index in [0.29, 0.717) is 17.5 Å². The summed E-state index contributed by atoms with van der Waals surface area (Å²) in [5.41, 5.74) is 10.4. The Morgan fingerprint density at radius 2 is 0.763 bits per heavy atom. The second-order valence-corrected chi connectivity index (χ2v) is 16.3. The van der Waals surface area contributed by atoms with Crippen LogP contribution in [0.5, 0.6) is 0 Å². The third-order valence-corrected chi connectivity index (χ3v) is 12.7. The van der Waals surface area contributed by atoms with Crippen molar-refractivity contribution in [1.82, 2.24) is 15.0 Å². The second kappa shape index (κ2) is 12.8. The number of hydrogen-bond acceptors (Lipinski definition) is 3. The van der Waals surface area contributed by atoms with E-state index in [0.717, 1.165) is 60.1 Å². The maximum atomic E-state index is 5.55. The first-order valence-corrected chi connectivity index (χ1v) is 20.4. The highest BCUT2D eigenvalue weighted by molar-refractivity contribution is 6.15. The number of nitrogens with zero attached hydrogens (tertiary/aromatic N) is 3. The van der Waals surface area contributed by atoms with Gasteiger partial charge < -0.3 is 0 Å². The third-order valence-electron chi connectivity index (χ3n) is 12.7. The van der Waals surface area contributed by atoms with Gasteiger partial charge in [-0.05, 0) is 105 Å². The van der Waals surface area contributed by atoms with Gasteiger partial charge in [-0.25, -0.2) is 15.0 Å². The molecule has 0 amide bonds. The van der Waals surface area contributed by atoms with Gasteiger partial charge in [-0.1, -0.05) is 184 Å². The predicted molar refractivity (Wildman–Crippen MR) is 247 cm³/mol. The molecule has 0 fully saturated rings. The van der Waals surface area contributed by atoms with Crippen LogP contribution in [0.25, 0.3) is 110 Å². The molecule has 276 valence electrons. The molecule has 10 aromatic carbocycles. The summed E-state index contributed by atoms with van der Waals surface area (Å²) in [6.07, 6.45) is 0.